The van der Waals surface area contributed by atoms with Gasteiger partial charge in [-0.05, 0) is 62.0 Å². The Hall–Kier alpha value is -1.72. The predicted molar refractivity (Wildman–Crippen MR) is 85.0 cm³/mol. The van der Waals surface area contributed by atoms with Crippen molar-refractivity contribution in [2.75, 3.05) is 10.6 Å². The van der Waals surface area contributed by atoms with E-state index in [0.29, 0.717) is 16.6 Å². The van der Waals surface area contributed by atoms with Crippen LogP contribution in [0.15, 0.2) is 30.3 Å². The first-order valence-electron chi connectivity index (χ1n) is 5.92. The first kappa shape index (κ1) is 14.7. The number of anilines is 2. The van der Waals surface area contributed by atoms with Crippen LogP contribution in [0.2, 0.25) is 5.02 Å². The summed E-state index contributed by atoms with van der Waals surface area (Å²) in [4.78, 5) is 4.32. The molecule has 104 valence electrons. The maximum Gasteiger partial charge on any atom is 0.176 e. The summed E-state index contributed by atoms with van der Waals surface area (Å²) in [7, 11) is 0. The van der Waals surface area contributed by atoms with E-state index < -0.39 is 5.82 Å². The standard InChI is InChI=1S/C14H13ClFN3S/c1-8-5-9(2)17-13(6-8)19-14(20)18-10-3-4-12(16)11(15)7-10/h3-7H,1-2H3,(H2,17,18,19,20). The van der Waals surface area contributed by atoms with Crippen molar-refractivity contribution in [3.05, 3.63) is 52.4 Å². The molecule has 0 radical (unpaired) electrons. The van der Waals surface area contributed by atoms with Crippen LogP contribution in [0.1, 0.15) is 11.3 Å². The second-order valence-electron chi connectivity index (χ2n) is 4.38. The molecule has 0 spiro atoms. The monoisotopic (exact) mass is 309 g/mol. The zero-order chi connectivity index (χ0) is 14.7. The lowest BCUT2D eigenvalue weighted by atomic mass is 10.2. The predicted octanol–water partition coefficient (Wildman–Crippen LogP) is 4.30. The van der Waals surface area contributed by atoms with Gasteiger partial charge in [-0.1, -0.05) is 11.6 Å². The highest BCUT2D eigenvalue weighted by Gasteiger charge is 2.04. The molecule has 2 aromatic rings. The summed E-state index contributed by atoms with van der Waals surface area (Å²) in [6.07, 6.45) is 0. The number of rotatable bonds is 2. The van der Waals surface area contributed by atoms with Gasteiger partial charge in [0.15, 0.2) is 5.11 Å². The molecule has 2 rings (SSSR count). The molecule has 0 aliphatic rings. The second kappa shape index (κ2) is 6.15. The SMILES string of the molecule is Cc1cc(C)nc(NC(=S)Nc2ccc(F)c(Cl)c2)c1. The molecule has 0 aliphatic heterocycles. The number of pyridine rings is 1. The van der Waals surface area contributed by atoms with Crippen molar-refractivity contribution in [2.24, 2.45) is 0 Å². The van der Waals surface area contributed by atoms with Crippen LogP contribution in [0.25, 0.3) is 0 Å². The Bertz CT molecular complexity index is 641. The van der Waals surface area contributed by atoms with E-state index in [-0.39, 0.29) is 5.02 Å². The van der Waals surface area contributed by atoms with Gasteiger partial charge < -0.3 is 10.6 Å². The molecule has 1 aromatic carbocycles. The average molecular weight is 310 g/mol. The van der Waals surface area contributed by atoms with Gasteiger partial charge in [0.25, 0.3) is 0 Å². The lowest BCUT2D eigenvalue weighted by Gasteiger charge is -2.11. The Balaban J connectivity index is 2.06. The van der Waals surface area contributed by atoms with Crippen LogP contribution in [-0.4, -0.2) is 10.1 Å². The number of benzene rings is 1. The molecular formula is C14H13ClFN3S. The fraction of sp³-hybridized carbons (Fsp3) is 0.143. The highest BCUT2D eigenvalue weighted by molar-refractivity contribution is 7.80. The molecule has 3 nitrogen and oxygen atoms in total. The van der Waals surface area contributed by atoms with Crippen molar-refractivity contribution in [1.29, 1.82) is 0 Å². The van der Waals surface area contributed by atoms with Crippen molar-refractivity contribution < 1.29 is 4.39 Å². The quantitative estimate of drug-likeness (QED) is 0.811. The molecule has 20 heavy (non-hydrogen) atoms. The zero-order valence-corrected chi connectivity index (χ0v) is 12.6. The van der Waals surface area contributed by atoms with E-state index in [1.54, 1.807) is 6.07 Å². The van der Waals surface area contributed by atoms with Gasteiger partial charge in [0.1, 0.15) is 11.6 Å². The molecule has 2 N–H and O–H groups in total. The number of nitrogens with one attached hydrogen (secondary N) is 2. The Morgan fingerprint density at radius 1 is 1.20 bits per heavy atom. The van der Waals surface area contributed by atoms with E-state index >= 15 is 0 Å². The lowest BCUT2D eigenvalue weighted by molar-refractivity contribution is 0.628. The first-order chi connectivity index (χ1) is 9.44. The molecule has 0 amide bonds. The van der Waals surface area contributed by atoms with Crippen molar-refractivity contribution in [3.63, 3.8) is 0 Å². The minimum atomic E-state index is -0.466. The third-order valence-electron chi connectivity index (χ3n) is 2.52. The van der Waals surface area contributed by atoms with Crippen LogP contribution >= 0.6 is 23.8 Å². The number of thiocarbonyl (C=S) groups is 1. The van der Waals surface area contributed by atoms with Gasteiger partial charge in [0, 0.05) is 11.4 Å². The summed E-state index contributed by atoms with van der Waals surface area (Å²) in [5.41, 5.74) is 2.60. The lowest BCUT2D eigenvalue weighted by Crippen LogP contribution is -2.20. The molecule has 6 heteroatoms. The summed E-state index contributed by atoms with van der Waals surface area (Å²) < 4.78 is 13.1. The van der Waals surface area contributed by atoms with E-state index in [1.807, 2.05) is 26.0 Å². The smallest absolute Gasteiger partial charge is 0.176 e. The Morgan fingerprint density at radius 3 is 2.60 bits per heavy atom. The molecule has 0 atom stereocenters. The van der Waals surface area contributed by atoms with Gasteiger partial charge in [-0.15, -0.1) is 0 Å². The summed E-state index contributed by atoms with van der Waals surface area (Å²) in [6.45, 7) is 3.89. The molecule has 0 unspecified atom stereocenters. The summed E-state index contributed by atoms with van der Waals surface area (Å²) in [5.74, 6) is 0.195. The molecule has 0 fully saturated rings. The van der Waals surface area contributed by atoms with Crippen molar-refractivity contribution >= 4 is 40.4 Å². The molecule has 0 saturated carbocycles. The zero-order valence-electron chi connectivity index (χ0n) is 11.0. The minimum Gasteiger partial charge on any atom is -0.332 e. The van der Waals surface area contributed by atoms with Gasteiger partial charge in [0.05, 0.1) is 5.02 Å². The maximum atomic E-state index is 13.1. The van der Waals surface area contributed by atoms with Gasteiger partial charge in [0.2, 0.25) is 0 Å². The largest absolute Gasteiger partial charge is 0.332 e. The molecule has 0 aliphatic carbocycles. The topological polar surface area (TPSA) is 37.0 Å². The van der Waals surface area contributed by atoms with Gasteiger partial charge in [-0.2, -0.15) is 0 Å². The fourth-order valence-corrected chi connectivity index (χ4v) is 2.16. The summed E-state index contributed by atoms with van der Waals surface area (Å²) in [5, 5.41) is 6.31. The Labute approximate surface area is 127 Å². The average Bonchev–Trinajstić information content (AvgIpc) is 2.32. The van der Waals surface area contributed by atoms with Gasteiger partial charge in [-0.25, -0.2) is 9.37 Å². The Kier molecular flexibility index (Phi) is 4.52. The van der Waals surface area contributed by atoms with Crippen LogP contribution in [-0.2, 0) is 0 Å². The van der Waals surface area contributed by atoms with Crippen LogP contribution in [0, 0.1) is 19.7 Å². The normalized spacial score (nSPS) is 10.2. The van der Waals surface area contributed by atoms with E-state index in [4.69, 9.17) is 23.8 Å². The number of aryl methyl sites for hydroxylation is 2. The highest BCUT2D eigenvalue weighted by Crippen LogP contribution is 2.19. The van der Waals surface area contributed by atoms with Gasteiger partial charge in [-0.3, -0.25) is 0 Å². The number of hydrogen-bond acceptors (Lipinski definition) is 2. The van der Waals surface area contributed by atoms with Crippen LogP contribution in [0.5, 0.6) is 0 Å². The third kappa shape index (κ3) is 3.88. The molecule has 1 heterocycles. The number of nitrogens with zero attached hydrogens (tertiary/aromatic N) is 1. The van der Waals surface area contributed by atoms with E-state index in [1.165, 1.54) is 12.1 Å². The Morgan fingerprint density at radius 2 is 1.95 bits per heavy atom. The fourth-order valence-electron chi connectivity index (χ4n) is 1.76. The molecule has 0 saturated heterocycles. The molecule has 1 aromatic heterocycles. The van der Waals surface area contributed by atoms with E-state index in [0.717, 1.165) is 11.3 Å². The van der Waals surface area contributed by atoms with E-state index in [9.17, 15) is 4.39 Å². The van der Waals surface area contributed by atoms with Gasteiger partial charge >= 0.3 is 0 Å². The summed E-state index contributed by atoms with van der Waals surface area (Å²) >= 11 is 10.9. The number of hydrogen-bond donors (Lipinski definition) is 2. The highest BCUT2D eigenvalue weighted by atomic mass is 35.5. The maximum absolute atomic E-state index is 13.1. The van der Waals surface area contributed by atoms with Crippen LogP contribution < -0.4 is 10.6 Å². The van der Waals surface area contributed by atoms with Crippen LogP contribution in [0.3, 0.4) is 0 Å². The number of halogens is 2. The van der Waals surface area contributed by atoms with Crippen molar-refractivity contribution in [3.8, 4) is 0 Å². The molecule has 0 bridgehead atoms. The van der Waals surface area contributed by atoms with Crippen LogP contribution in [0.4, 0.5) is 15.9 Å². The second-order valence-corrected chi connectivity index (χ2v) is 5.19. The number of aromatic nitrogens is 1. The third-order valence-corrected chi connectivity index (χ3v) is 3.01. The first-order valence-corrected chi connectivity index (χ1v) is 6.71. The molecular weight excluding hydrogens is 297 g/mol. The van der Waals surface area contributed by atoms with E-state index in [2.05, 4.69) is 15.6 Å². The van der Waals surface area contributed by atoms with Crippen molar-refractivity contribution in [2.45, 2.75) is 13.8 Å². The summed E-state index contributed by atoms with van der Waals surface area (Å²) in [6, 6.07) is 8.17. The minimum absolute atomic E-state index is 0.0438. The van der Waals surface area contributed by atoms with Crippen molar-refractivity contribution in [1.82, 2.24) is 4.98 Å².